The molecule has 4 amide bonds. The smallest absolute Gasteiger partial charge is 0.335 e. The van der Waals surface area contributed by atoms with Gasteiger partial charge in [0.2, 0.25) is 0 Å². The van der Waals surface area contributed by atoms with Crippen molar-refractivity contribution in [3.8, 4) is 5.75 Å². The predicted octanol–water partition coefficient (Wildman–Crippen LogP) is 6.60. The normalized spacial score (nSPS) is 15.3. The van der Waals surface area contributed by atoms with E-state index in [-0.39, 0.29) is 5.57 Å². The Hall–Kier alpha value is -1.97. The van der Waals surface area contributed by atoms with Gasteiger partial charge >= 0.3 is 6.03 Å². The number of unbranched alkanes of at least 4 members (excludes halogenated alkanes) is 3. The monoisotopic (exact) mass is 626 g/mol. The molecule has 1 aliphatic rings. The van der Waals surface area contributed by atoms with Crippen LogP contribution in [0.4, 0.5) is 10.5 Å². The van der Waals surface area contributed by atoms with Crippen molar-refractivity contribution in [2.24, 2.45) is 0 Å². The lowest BCUT2D eigenvalue weighted by Gasteiger charge is -2.26. The van der Waals surface area contributed by atoms with Crippen molar-refractivity contribution in [1.29, 1.82) is 0 Å². The first-order chi connectivity index (χ1) is 15.3. The number of halogens is 3. The Morgan fingerprint density at radius 2 is 1.62 bits per heavy atom. The minimum Gasteiger partial charge on any atom is -0.491 e. The highest BCUT2D eigenvalue weighted by atomic mass is 79.9. The van der Waals surface area contributed by atoms with Crippen LogP contribution in [0.25, 0.3) is 6.08 Å². The Kier molecular flexibility index (Phi) is 8.67. The fraction of sp³-hybridized carbons (Fsp3) is 0.261. The molecule has 1 fully saturated rings. The van der Waals surface area contributed by atoms with E-state index < -0.39 is 17.8 Å². The van der Waals surface area contributed by atoms with E-state index in [9.17, 15) is 14.4 Å². The average molecular weight is 629 g/mol. The van der Waals surface area contributed by atoms with Crippen LogP contribution in [0.1, 0.15) is 38.2 Å². The zero-order valence-electron chi connectivity index (χ0n) is 17.3. The van der Waals surface area contributed by atoms with Gasteiger partial charge in [-0.3, -0.25) is 14.9 Å². The SMILES string of the molecule is CCCCCCOc1c(Br)cc(/C=C2\C(=O)NC(=O)N(c3ccc(Br)cc3)C2=O)cc1Br. The van der Waals surface area contributed by atoms with Crippen LogP contribution >= 0.6 is 47.8 Å². The molecule has 1 aliphatic heterocycles. The second kappa shape index (κ2) is 11.2. The van der Waals surface area contributed by atoms with Crippen molar-refractivity contribution < 1.29 is 19.1 Å². The van der Waals surface area contributed by atoms with Gasteiger partial charge in [0.15, 0.2) is 0 Å². The Balaban J connectivity index is 1.84. The number of amides is 4. The average Bonchev–Trinajstić information content (AvgIpc) is 2.74. The largest absolute Gasteiger partial charge is 0.491 e. The summed E-state index contributed by atoms with van der Waals surface area (Å²) in [5.41, 5.74) is 0.827. The first-order valence-corrected chi connectivity index (χ1v) is 12.5. The van der Waals surface area contributed by atoms with Gasteiger partial charge in [-0.15, -0.1) is 0 Å². The summed E-state index contributed by atoms with van der Waals surface area (Å²) in [4.78, 5) is 38.7. The van der Waals surface area contributed by atoms with E-state index in [2.05, 4.69) is 60.0 Å². The first kappa shape index (κ1) is 24.7. The number of hydrogen-bond acceptors (Lipinski definition) is 4. The maximum atomic E-state index is 13.0. The van der Waals surface area contributed by atoms with Gasteiger partial charge in [-0.2, -0.15) is 0 Å². The van der Waals surface area contributed by atoms with Gasteiger partial charge in [0.1, 0.15) is 11.3 Å². The minimum atomic E-state index is -0.784. The lowest BCUT2D eigenvalue weighted by atomic mass is 10.1. The molecule has 168 valence electrons. The van der Waals surface area contributed by atoms with Gasteiger partial charge in [-0.05, 0) is 86.3 Å². The van der Waals surface area contributed by atoms with Crippen LogP contribution in [0.5, 0.6) is 5.75 Å². The molecule has 0 unspecified atom stereocenters. The number of urea groups is 1. The summed E-state index contributed by atoms with van der Waals surface area (Å²) < 4.78 is 8.07. The Morgan fingerprint density at radius 1 is 0.969 bits per heavy atom. The third kappa shape index (κ3) is 5.88. The third-order valence-electron chi connectivity index (χ3n) is 4.76. The van der Waals surface area contributed by atoms with Crippen LogP contribution in [-0.4, -0.2) is 24.5 Å². The maximum Gasteiger partial charge on any atom is 0.335 e. The fourth-order valence-electron chi connectivity index (χ4n) is 3.15. The molecule has 0 aliphatic carbocycles. The molecule has 0 saturated carbocycles. The number of rotatable bonds is 8. The van der Waals surface area contributed by atoms with E-state index in [0.29, 0.717) is 32.6 Å². The molecule has 0 spiro atoms. The minimum absolute atomic E-state index is 0.139. The van der Waals surface area contributed by atoms with Crippen molar-refractivity contribution in [1.82, 2.24) is 5.32 Å². The van der Waals surface area contributed by atoms with Crippen molar-refractivity contribution >= 4 is 77.4 Å². The number of nitrogens with zero attached hydrogens (tertiary/aromatic N) is 1. The Morgan fingerprint density at radius 3 is 2.25 bits per heavy atom. The van der Waals surface area contributed by atoms with Crippen LogP contribution in [0.3, 0.4) is 0 Å². The first-order valence-electron chi connectivity index (χ1n) is 10.1. The molecule has 32 heavy (non-hydrogen) atoms. The van der Waals surface area contributed by atoms with E-state index >= 15 is 0 Å². The van der Waals surface area contributed by atoms with Gasteiger partial charge < -0.3 is 4.74 Å². The second-order valence-corrected chi connectivity index (χ2v) is 9.78. The summed E-state index contributed by atoms with van der Waals surface area (Å²) in [5.74, 6) is -0.767. The van der Waals surface area contributed by atoms with Crippen LogP contribution < -0.4 is 15.0 Å². The highest BCUT2D eigenvalue weighted by Crippen LogP contribution is 2.36. The van der Waals surface area contributed by atoms with Crippen molar-refractivity contribution in [2.75, 3.05) is 11.5 Å². The Labute approximate surface area is 211 Å². The summed E-state index contributed by atoms with van der Waals surface area (Å²) in [6, 6.07) is 9.41. The Bertz CT molecular complexity index is 1040. The van der Waals surface area contributed by atoms with E-state index in [1.165, 1.54) is 12.5 Å². The quantitative estimate of drug-likeness (QED) is 0.203. The van der Waals surface area contributed by atoms with Gasteiger partial charge in [-0.25, -0.2) is 9.69 Å². The summed E-state index contributed by atoms with van der Waals surface area (Å²) in [7, 11) is 0. The number of imide groups is 2. The fourth-order valence-corrected chi connectivity index (χ4v) is 4.87. The van der Waals surface area contributed by atoms with E-state index in [4.69, 9.17) is 4.74 Å². The van der Waals surface area contributed by atoms with Crippen LogP contribution in [-0.2, 0) is 9.59 Å². The molecule has 0 bridgehead atoms. The molecule has 2 aromatic rings. The van der Waals surface area contributed by atoms with Gasteiger partial charge in [0.05, 0.1) is 21.2 Å². The molecule has 1 saturated heterocycles. The van der Waals surface area contributed by atoms with Crippen LogP contribution in [0, 0.1) is 0 Å². The molecule has 0 aromatic heterocycles. The number of barbiturate groups is 1. The van der Waals surface area contributed by atoms with E-state index in [1.54, 1.807) is 36.4 Å². The molecular weight excluding hydrogens is 608 g/mol. The lowest BCUT2D eigenvalue weighted by Crippen LogP contribution is -2.54. The van der Waals surface area contributed by atoms with Gasteiger partial charge in [0, 0.05) is 4.47 Å². The zero-order chi connectivity index (χ0) is 23.3. The predicted molar refractivity (Wildman–Crippen MR) is 135 cm³/mol. The maximum absolute atomic E-state index is 13.0. The van der Waals surface area contributed by atoms with Crippen molar-refractivity contribution in [2.45, 2.75) is 32.6 Å². The highest BCUT2D eigenvalue weighted by molar-refractivity contribution is 9.11. The number of nitrogens with one attached hydrogen (secondary N) is 1. The lowest BCUT2D eigenvalue weighted by molar-refractivity contribution is -0.122. The topological polar surface area (TPSA) is 75.7 Å². The van der Waals surface area contributed by atoms with Crippen LogP contribution in [0.2, 0.25) is 0 Å². The summed E-state index contributed by atoms with van der Waals surface area (Å²) >= 11 is 10.3. The highest BCUT2D eigenvalue weighted by Gasteiger charge is 2.36. The number of carbonyl (C=O) groups excluding carboxylic acids is 3. The molecule has 0 atom stereocenters. The van der Waals surface area contributed by atoms with Crippen molar-refractivity contribution in [3.05, 3.63) is 61.0 Å². The molecule has 1 heterocycles. The summed E-state index contributed by atoms with van der Waals surface area (Å²) in [6.45, 7) is 2.76. The van der Waals surface area contributed by atoms with Crippen molar-refractivity contribution in [3.63, 3.8) is 0 Å². The summed E-state index contributed by atoms with van der Waals surface area (Å²) in [5, 5.41) is 2.23. The molecule has 3 rings (SSSR count). The van der Waals surface area contributed by atoms with Crippen LogP contribution in [0.15, 0.2) is 55.4 Å². The molecular formula is C23H21Br3N2O4. The second-order valence-electron chi connectivity index (χ2n) is 7.16. The number of benzene rings is 2. The van der Waals surface area contributed by atoms with E-state index in [1.807, 2.05) is 0 Å². The van der Waals surface area contributed by atoms with E-state index in [0.717, 1.165) is 28.6 Å². The number of anilines is 1. The molecule has 2 aromatic carbocycles. The third-order valence-corrected chi connectivity index (χ3v) is 6.47. The molecule has 1 N–H and O–H groups in total. The molecule has 9 heteroatoms. The number of ether oxygens (including phenoxy) is 1. The zero-order valence-corrected chi connectivity index (χ0v) is 22.0. The van der Waals surface area contributed by atoms with Gasteiger partial charge in [-0.1, -0.05) is 42.1 Å². The molecule has 0 radical (unpaired) electrons. The standard InChI is InChI=1S/C23H21Br3N2O4/c1-2-3-4-5-10-32-20-18(25)12-14(13-19(20)26)11-17-21(29)27-23(31)28(22(17)30)16-8-6-15(24)7-9-16/h6-9,11-13H,2-5,10H2,1H3,(H,27,29,31)/b17-11+. The summed E-state index contributed by atoms with van der Waals surface area (Å²) in [6.07, 6.45) is 5.87. The number of carbonyl (C=O) groups is 3. The van der Waals surface area contributed by atoms with Gasteiger partial charge in [0.25, 0.3) is 11.8 Å². The number of hydrogen-bond donors (Lipinski definition) is 1. The molecule has 6 nitrogen and oxygen atoms in total.